The van der Waals surface area contributed by atoms with Gasteiger partial charge in [-0.1, -0.05) is 6.07 Å². The molecule has 1 aliphatic rings. The zero-order chi connectivity index (χ0) is 15.1. The molecule has 110 valence electrons. The maximum atomic E-state index is 13.8. The zero-order valence-corrected chi connectivity index (χ0v) is 12.0. The lowest BCUT2D eigenvalue weighted by Crippen LogP contribution is -2.38. The highest BCUT2D eigenvalue weighted by atomic mass is 32.2. The van der Waals surface area contributed by atoms with Crippen molar-refractivity contribution in [2.45, 2.75) is 31.2 Å². The van der Waals surface area contributed by atoms with Crippen molar-refractivity contribution in [2.24, 2.45) is 5.92 Å². The SMILES string of the molecule is Cc1ccc(F)c(S(=O)(=O)N2CCC(C(=O)O)C2C)c1. The number of aliphatic carboxylic acids is 1. The number of hydrogen-bond acceptors (Lipinski definition) is 3. The molecule has 5 nitrogen and oxygen atoms in total. The first-order valence-corrected chi connectivity index (χ1v) is 7.70. The van der Waals surface area contributed by atoms with Crippen molar-refractivity contribution in [1.29, 1.82) is 0 Å². The quantitative estimate of drug-likeness (QED) is 0.920. The fourth-order valence-electron chi connectivity index (χ4n) is 2.52. The molecule has 20 heavy (non-hydrogen) atoms. The van der Waals surface area contributed by atoms with Crippen LogP contribution in [0.3, 0.4) is 0 Å². The molecule has 1 fully saturated rings. The van der Waals surface area contributed by atoms with Gasteiger partial charge in [-0.05, 0) is 38.0 Å². The number of carboxylic acids is 1. The Morgan fingerprint density at radius 3 is 2.65 bits per heavy atom. The van der Waals surface area contributed by atoms with E-state index in [1.54, 1.807) is 6.92 Å². The average Bonchev–Trinajstić information content (AvgIpc) is 2.74. The largest absolute Gasteiger partial charge is 0.481 e. The maximum Gasteiger partial charge on any atom is 0.308 e. The second-order valence-electron chi connectivity index (χ2n) is 5.02. The van der Waals surface area contributed by atoms with Gasteiger partial charge in [0.15, 0.2) is 0 Å². The Labute approximate surface area is 117 Å². The number of nitrogens with zero attached hydrogens (tertiary/aromatic N) is 1. The third-order valence-electron chi connectivity index (χ3n) is 3.69. The zero-order valence-electron chi connectivity index (χ0n) is 11.2. The minimum absolute atomic E-state index is 0.0911. The number of halogens is 1. The first kappa shape index (κ1) is 14.9. The second kappa shape index (κ2) is 5.14. The number of carbonyl (C=O) groups is 1. The molecule has 1 heterocycles. The molecule has 7 heteroatoms. The third kappa shape index (κ3) is 2.43. The van der Waals surface area contributed by atoms with Crippen LogP contribution in [0.2, 0.25) is 0 Å². The van der Waals surface area contributed by atoms with E-state index in [1.165, 1.54) is 19.1 Å². The molecule has 0 radical (unpaired) electrons. The molecule has 1 aromatic carbocycles. The molecule has 0 bridgehead atoms. The van der Waals surface area contributed by atoms with Gasteiger partial charge in [0.25, 0.3) is 0 Å². The molecule has 0 aliphatic carbocycles. The van der Waals surface area contributed by atoms with Gasteiger partial charge in [0.05, 0.1) is 5.92 Å². The van der Waals surface area contributed by atoms with E-state index >= 15 is 0 Å². The van der Waals surface area contributed by atoms with E-state index in [-0.39, 0.29) is 13.0 Å². The fourth-order valence-corrected chi connectivity index (χ4v) is 4.35. The van der Waals surface area contributed by atoms with Gasteiger partial charge in [-0.2, -0.15) is 4.31 Å². The van der Waals surface area contributed by atoms with Gasteiger partial charge in [-0.3, -0.25) is 4.79 Å². The molecule has 1 saturated heterocycles. The predicted octanol–water partition coefficient (Wildman–Crippen LogP) is 1.62. The minimum Gasteiger partial charge on any atom is -0.481 e. The molecule has 0 saturated carbocycles. The lowest BCUT2D eigenvalue weighted by molar-refractivity contribution is -0.142. The van der Waals surface area contributed by atoms with Crippen molar-refractivity contribution in [3.63, 3.8) is 0 Å². The van der Waals surface area contributed by atoms with Crippen molar-refractivity contribution in [3.05, 3.63) is 29.6 Å². The van der Waals surface area contributed by atoms with Gasteiger partial charge in [-0.25, -0.2) is 12.8 Å². The molecular weight excluding hydrogens is 285 g/mol. The van der Waals surface area contributed by atoms with Crippen molar-refractivity contribution in [2.75, 3.05) is 6.54 Å². The lowest BCUT2D eigenvalue weighted by Gasteiger charge is -2.23. The molecule has 1 aliphatic heterocycles. The summed E-state index contributed by atoms with van der Waals surface area (Å²) in [4.78, 5) is 10.7. The number of hydrogen-bond donors (Lipinski definition) is 1. The van der Waals surface area contributed by atoms with Gasteiger partial charge >= 0.3 is 5.97 Å². The first-order valence-electron chi connectivity index (χ1n) is 6.26. The summed E-state index contributed by atoms with van der Waals surface area (Å²) < 4.78 is 39.8. The molecule has 0 amide bonds. The van der Waals surface area contributed by atoms with E-state index in [2.05, 4.69) is 0 Å². The van der Waals surface area contributed by atoms with Crippen LogP contribution >= 0.6 is 0 Å². The molecule has 0 aromatic heterocycles. The molecule has 0 spiro atoms. The van der Waals surface area contributed by atoms with Crippen LogP contribution < -0.4 is 0 Å². The number of rotatable bonds is 3. The Morgan fingerprint density at radius 2 is 2.10 bits per heavy atom. The highest BCUT2D eigenvalue weighted by Gasteiger charge is 2.42. The Morgan fingerprint density at radius 1 is 1.45 bits per heavy atom. The van der Waals surface area contributed by atoms with Crippen molar-refractivity contribution >= 4 is 16.0 Å². The van der Waals surface area contributed by atoms with Crippen LogP contribution in [0.4, 0.5) is 4.39 Å². The topological polar surface area (TPSA) is 74.7 Å². The van der Waals surface area contributed by atoms with Crippen molar-refractivity contribution < 1.29 is 22.7 Å². The number of sulfonamides is 1. The monoisotopic (exact) mass is 301 g/mol. The van der Waals surface area contributed by atoms with Gasteiger partial charge in [0.2, 0.25) is 10.0 Å². The van der Waals surface area contributed by atoms with E-state index < -0.39 is 38.7 Å². The van der Waals surface area contributed by atoms with Gasteiger partial charge in [0, 0.05) is 12.6 Å². The maximum absolute atomic E-state index is 13.8. The smallest absolute Gasteiger partial charge is 0.308 e. The summed E-state index contributed by atoms with van der Waals surface area (Å²) in [5.74, 6) is -2.60. The fraction of sp³-hybridized carbons (Fsp3) is 0.462. The number of aryl methyl sites for hydroxylation is 1. The van der Waals surface area contributed by atoms with Crippen LogP contribution in [-0.2, 0) is 14.8 Å². The van der Waals surface area contributed by atoms with Gasteiger partial charge in [0.1, 0.15) is 10.7 Å². The summed E-state index contributed by atoms with van der Waals surface area (Å²) in [5, 5.41) is 9.04. The van der Waals surface area contributed by atoms with Crippen molar-refractivity contribution in [3.8, 4) is 0 Å². The second-order valence-corrected chi connectivity index (χ2v) is 6.88. The molecule has 2 atom stereocenters. The summed E-state index contributed by atoms with van der Waals surface area (Å²) >= 11 is 0. The average molecular weight is 301 g/mol. The van der Waals surface area contributed by atoms with Crippen LogP contribution in [0, 0.1) is 18.7 Å². The molecule has 1 N–H and O–H groups in total. The Hall–Kier alpha value is -1.47. The predicted molar refractivity (Wildman–Crippen MR) is 70.2 cm³/mol. The van der Waals surface area contributed by atoms with Crippen LogP contribution in [0.5, 0.6) is 0 Å². The van der Waals surface area contributed by atoms with Gasteiger partial charge < -0.3 is 5.11 Å². The van der Waals surface area contributed by atoms with Crippen LogP contribution in [-0.4, -0.2) is 36.4 Å². The van der Waals surface area contributed by atoms with Crippen LogP contribution in [0.15, 0.2) is 23.1 Å². The standard InChI is InChI=1S/C13H16FNO4S/c1-8-3-4-11(14)12(7-8)20(18,19)15-6-5-10(9(15)2)13(16)17/h3-4,7,9-10H,5-6H2,1-2H3,(H,16,17). The highest BCUT2D eigenvalue weighted by Crippen LogP contribution is 2.31. The van der Waals surface area contributed by atoms with E-state index in [9.17, 15) is 17.6 Å². The number of carboxylic acid groups (broad SMARTS) is 1. The summed E-state index contributed by atoms with van der Waals surface area (Å²) in [7, 11) is -4.01. The van der Waals surface area contributed by atoms with E-state index in [1.807, 2.05) is 0 Å². The summed E-state index contributed by atoms with van der Waals surface area (Å²) in [5.41, 5.74) is 0.631. The normalized spacial score (nSPS) is 23.9. The van der Waals surface area contributed by atoms with Crippen LogP contribution in [0.1, 0.15) is 18.9 Å². The lowest BCUT2D eigenvalue weighted by atomic mass is 10.0. The number of benzene rings is 1. The Kier molecular flexibility index (Phi) is 3.84. The first-order chi connectivity index (χ1) is 9.25. The Balaban J connectivity index is 2.41. The minimum atomic E-state index is -4.01. The third-order valence-corrected chi connectivity index (χ3v) is 5.69. The van der Waals surface area contributed by atoms with Crippen LogP contribution in [0.25, 0.3) is 0 Å². The summed E-state index contributed by atoms with van der Waals surface area (Å²) in [6.45, 7) is 3.30. The van der Waals surface area contributed by atoms with Gasteiger partial charge in [-0.15, -0.1) is 0 Å². The molecular formula is C13H16FNO4S. The van der Waals surface area contributed by atoms with E-state index in [0.29, 0.717) is 5.56 Å². The van der Waals surface area contributed by atoms with Crippen molar-refractivity contribution in [1.82, 2.24) is 4.31 Å². The Bertz CT molecular complexity index is 644. The summed E-state index contributed by atoms with van der Waals surface area (Å²) in [6.07, 6.45) is 0.239. The van der Waals surface area contributed by atoms with E-state index in [4.69, 9.17) is 5.11 Å². The highest BCUT2D eigenvalue weighted by molar-refractivity contribution is 7.89. The summed E-state index contributed by atoms with van der Waals surface area (Å²) in [6, 6.07) is 3.18. The molecule has 2 rings (SSSR count). The van der Waals surface area contributed by atoms with E-state index in [0.717, 1.165) is 10.4 Å². The molecule has 1 aromatic rings. The molecule has 2 unspecified atom stereocenters.